The SMILES string of the molecule is Cc1noc(C)c1C(=O)O[C@H](C)C(=O)Nc1ccc2c(c1)OCCO2. The number of benzene rings is 1. The van der Waals surface area contributed by atoms with E-state index in [1.54, 1.807) is 32.0 Å². The largest absolute Gasteiger partial charge is 0.486 e. The van der Waals surface area contributed by atoms with Gasteiger partial charge >= 0.3 is 5.97 Å². The molecule has 1 aliphatic heterocycles. The Morgan fingerprint density at radius 1 is 1.20 bits per heavy atom. The molecule has 1 atom stereocenters. The van der Waals surface area contributed by atoms with Gasteiger partial charge in [-0.25, -0.2) is 4.79 Å². The van der Waals surface area contributed by atoms with Gasteiger partial charge in [-0.3, -0.25) is 4.79 Å². The van der Waals surface area contributed by atoms with Gasteiger partial charge in [-0.2, -0.15) is 0 Å². The van der Waals surface area contributed by atoms with E-state index in [4.69, 9.17) is 18.7 Å². The van der Waals surface area contributed by atoms with Crippen molar-refractivity contribution in [1.82, 2.24) is 5.16 Å². The molecule has 1 amide bonds. The number of hydrogen-bond acceptors (Lipinski definition) is 7. The molecule has 0 spiro atoms. The summed E-state index contributed by atoms with van der Waals surface area (Å²) in [5.74, 6) is 0.423. The van der Waals surface area contributed by atoms with Crippen LogP contribution in [0, 0.1) is 13.8 Å². The Bertz CT molecular complexity index is 794. The molecular weight excluding hydrogens is 328 g/mol. The number of aromatic nitrogens is 1. The molecule has 0 saturated heterocycles. The van der Waals surface area contributed by atoms with E-state index in [1.165, 1.54) is 6.92 Å². The van der Waals surface area contributed by atoms with E-state index >= 15 is 0 Å². The number of carbonyl (C=O) groups is 2. The molecule has 2 heterocycles. The summed E-state index contributed by atoms with van der Waals surface area (Å²) < 4.78 is 21.0. The van der Waals surface area contributed by atoms with Crippen LogP contribution < -0.4 is 14.8 Å². The summed E-state index contributed by atoms with van der Waals surface area (Å²) in [6.45, 7) is 5.68. The monoisotopic (exact) mass is 346 g/mol. The van der Waals surface area contributed by atoms with Gasteiger partial charge in [0.2, 0.25) is 0 Å². The molecular formula is C17H18N2O6. The number of nitrogens with zero attached hydrogens (tertiary/aromatic N) is 1. The Morgan fingerprint density at radius 3 is 2.60 bits per heavy atom. The predicted octanol–water partition coefficient (Wildman–Crippen LogP) is 2.25. The summed E-state index contributed by atoms with van der Waals surface area (Å²) in [4.78, 5) is 24.4. The number of amides is 1. The number of aryl methyl sites for hydroxylation is 2. The van der Waals surface area contributed by atoms with Crippen LogP contribution in [0.4, 0.5) is 5.69 Å². The summed E-state index contributed by atoms with van der Waals surface area (Å²) in [6, 6.07) is 5.06. The molecule has 1 aliphatic rings. The van der Waals surface area contributed by atoms with Crippen LogP contribution in [0.25, 0.3) is 0 Å². The average molecular weight is 346 g/mol. The normalized spacial score (nSPS) is 13.9. The zero-order valence-corrected chi connectivity index (χ0v) is 14.1. The molecule has 8 nitrogen and oxygen atoms in total. The molecule has 0 bridgehead atoms. The second kappa shape index (κ2) is 6.84. The molecule has 1 N–H and O–H groups in total. The van der Waals surface area contributed by atoms with Crippen molar-refractivity contribution in [3.05, 3.63) is 35.2 Å². The number of ether oxygens (including phenoxy) is 3. The van der Waals surface area contributed by atoms with Crippen LogP contribution in [-0.2, 0) is 9.53 Å². The predicted molar refractivity (Wildman–Crippen MR) is 86.9 cm³/mol. The smallest absolute Gasteiger partial charge is 0.344 e. The molecule has 0 saturated carbocycles. The lowest BCUT2D eigenvalue weighted by Gasteiger charge is -2.19. The maximum absolute atomic E-state index is 12.3. The number of carbonyl (C=O) groups excluding carboxylic acids is 2. The van der Waals surface area contributed by atoms with Gasteiger partial charge in [0.1, 0.15) is 24.5 Å². The first-order chi connectivity index (χ1) is 12.0. The molecule has 1 aromatic carbocycles. The first-order valence-corrected chi connectivity index (χ1v) is 7.80. The highest BCUT2D eigenvalue weighted by Gasteiger charge is 2.24. The van der Waals surface area contributed by atoms with Crippen LogP contribution in [0.15, 0.2) is 22.7 Å². The number of fused-ring (bicyclic) bond motifs is 1. The average Bonchev–Trinajstić information content (AvgIpc) is 2.93. The third-order valence-corrected chi connectivity index (χ3v) is 3.70. The number of anilines is 1. The summed E-state index contributed by atoms with van der Waals surface area (Å²) in [7, 11) is 0. The summed E-state index contributed by atoms with van der Waals surface area (Å²) >= 11 is 0. The lowest BCUT2D eigenvalue weighted by atomic mass is 10.2. The lowest BCUT2D eigenvalue weighted by Crippen LogP contribution is -2.30. The third kappa shape index (κ3) is 3.57. The van der Waals surface area contributed by atoms with Gasteiger partial charge in [0, 0.05) is 11.8 Å². The van der Waals surface area contributed by atoms with Crippen LogP contribution in [0.3, 0.4) is 0 Å². The van der Waals surface area contributed by atoms with E-state index in [9.17, 15) is 9.59 Å². The Kier molecular flexibility index (Phi) is 4.60. The highest BCUT2D eigenvalue weighted by molar-refractivity contribution is 5.98. The zero-order valence-electron chi connectivity index (χ0n) is 14.1. The van der Waals surface area contributed by atoms with E-state index in [1.807, 2.05) is 0 Å². The highest BCUT2D eigenvalue weighted by atomic mass is 16.6. The van der Waals surface area contributed by atoms with Crippen LogP contribution in [0.1, 0.15) is 28.7 Å². The van der Waals surface area contributed by atoms with Gasteiger partial charge in [0.25, 0.3) is 5.91 Å². The molecule has 0 radical (unpaired) electrons. The lowest BCUT2D eigenvalue weighted by molar-refractivity contribution is -0.123. The fraction of sp³-hybridized carbons (Fsp3) is 0.353. The number of esters is 1. The van der Waals surface area contributed by atoms with E-state index in [2.05, 4.69) is 10.5 Å². The summed E-state index contributed by atoms with van der Waals surface area (Å²) in [5.41, 5.74) is 1.18. The maximum Gasteiger partial charge on any atom is 0.344 e. The molecule has 3 rings (SSSR count). The Hall–Kier alpha value is -3.03. The van der Waals surface area contributed by atoms with Crippen molar-refractivity contribution in [2.24, 2.45) is 0 Å². The molecule has 8 heteroatoms. The quantitative estimate of drug-likeness (QED) is 0.847. The van der Waals surface area contributed by atoms with Crippen molar-refractivity contribution in [2.75, 3.05) is 18.5 Å². The van der Waals surface area contributed by atoms with E-state index < -0.39 is 18.0 Å². The van der Waals surface area contributed by atoms with Gasteiger partial charge in [-0.15, -0.1) is 0 Å². The number of hydrogen-bond donors (Lipinski definition) is 1. The topological polar surface area (TPSA) is 99.9 Å². The first-order valence-electron chi connectivity index (χ1n) is 7.80. The molecule has 0 unspecified atom stereocenters. The molecule has 25 heavy (non-hydrogen) atoms. The van der Waals surface area contributed by atoms with Crippen molar-refractivity contribution < 1.29 is 28.3 Å². The minimum Gasteiger partial charge on any atom is -0.486 e. The van der Waals surface area contributed by atoms with Crippen LogP contribution in [0.5, 0.6) is 11.5 Å². The van der Waals surface area contributed by atoms with Crippen molar-refractivity contribution in [3.63, 3.8) is 0 Å². The highest BCUT2D eigenvalue weighted by Crippen LogP contribution is 2.32. The Balaban J connectivity index is 1.64. The van der Waals surface area contributed by atoms with E-state index in [0.717, 1.165) is 0 Å². The minimum atomic E-state index is -0.991. The van der Waals surface area contributed by atoms with E-state index in [0.29, 0.717) is 41.9 Å². The van der Waals surface area contributed by atoms with Crippen LogP contribution in [-0.4, -0.2) is 36.4 Å². The summed E-state index contributed by atoms with van der Waals surface area (Å²) in [6.07, 6.45) is -0.991. The number of rotatable bonds is 4. The van der Waals surface area contributed by atoms with Gasteiger partial charge in [0.05, 0.1) is 5.69 Å². The van der Waals surface area contributed by atoms with Gasteiger partial charge in [-0.1, -0.05) is 5.16 Å². The van der Waals surface area contributed by atoms with Crippen molar-refractivity contribution in [2.45, 2.75) is 26.9 Å². The van der Waals surface area contributed by atoms with Crippen LogP contribution >= 0.6 is 0 Å². The standard InChI is InChI=1S/C17H18N2O6/c1-9-15(10(2)25-19-9)17(21)24-11(3)16(20)18-12-4-5-13-14(8-12)23-7-6-22-13/h4-5,8,11H,6-7H2,1-3H3,(H,18,20)/t11-/m1/s1. The first kappa shape index (κ1) is 16.8. The van der Waals surface area contributed by atoms with Crippen molar-refractivity contribution >= 4 is 17.6 Å². The fourth-order valence-electron chi connectivity index (χ4n) is 2.41. The molecule has 0 fully saturated rings. The van der Waals surface area contributed by atoms with Gasteiger partial charge in [0.15, 0.2) is 17.6 Å². The molecule has 132 valence electrons. The van der Waals surface area contributed by atoms with Crippen LogP contribution in [0.2, 0.25) is 0 Å². The number of nitrogens with one attached hydrogen (secondary N) is 1. The second-order valence-corrected chi connectivity index (χ2v) is 5.59. The third-order valence-electron chi connectivity index (χ3n) is 3.70. The minimum absolute atomic E-state index is 0.235. The molecule has 0 aliphatic carbocycles. The van der Waals surface area contributed by atoms with Crippen molar-refractivity contribution in [3.8, 4) is 11.5 Å². The molecule has 2 aromatic rings. The maximum atomic E-state index is 12.3. The Labute approximate surface area is 144 Å². The van der Waals surface area contributed by atoms with Crippen molar-refractivity contribution in [1.29, 1.82) is 0 Å². The van der Waals surface area contributed by atoms with Gasteiger partial charge in [-0.05, 0) is 32.9 Å². The van der Waals surface area contributed by atoms with Gasteiger partial charge < -0.3 is 24.1 Å². The zero-order chi connectivity index (χ0) is 18.0. The van der Waals surface area contributed by atoms with E-state index in [-0.39, 0.29) is 5.56 Å². The fourth-order valence-corrected chi connectivity index (χ4v) is 2.41. The molecule has 1 aromatic heterocycles. The summed E-state index contributed by atoms with van der Waals surface area (Å²) in [5, 5.41) is 6.38. The second-order valence-electron chi connectivity index (χ2n) is 5.59. The Morgan fingerprint density at radius 2 is 1.92 bits per heavy atom.